The number of piperidine rings is 1. The minimum atomic E-state index is -4.55. The van der Waals surface area contributed by atoms with Gasteiger partial charge in [0.05, 0.1) is 17.3 Å². The van der Waals surface area contributed by atoms with Crippen molar-refractivity contribution in [3.63, 3.8) is 0 Å². The fraction of sp³-hybridized carbons (Fsp3) is 0.531. The number of likely N-dealkylation sites (tertiary alicyclic amines) is 1. The summed E-state index contributed by atoms with van der Waals surface area (Å²) in [5.41, 5.74) is 6.55. The lowest BCUT2D eigenvalue weighted by Crippen LogP contribution is -2.53. The molecular formula is C32H42F3N5O2. The van der Waals surface area contributed by atoms with E-state index in [1.807, 2.05) is 4.90 Å². The third-order valence-corrected chi connectivity index (χ3v) is 8.71. The normalized spacial score (nSPS) is 18.2. The summed E-state index contributed by atoms with van der Waals surface area (Å²) >= 11 is 0. The zero-order valence-electron chi connectivity index (χ0n) is 24.2. The Labute approximate surface area is 245 Å². The lowest BCUT2D eigenvalue weighted by molar-refractivity contribution is -0.137. The number of amidine groups is 1. The van der Waals surface area contributed by atoms with E-state index in [0.29, 0.717) is 18.1 Å². The van der Waals surface area contributed by atoms with E-state index in [0.717, 1.165) is 75.7 Å². The summed E-state index contributed by atoms with van der Waals surface area (Å²) in [5.74, 6) is -0.836. The van der Waals surface area contributed by atoms with Gasteiger partial charge in [-0.25, -0.2) is 0 Å². The zero-order chi connectivity index (χ0) is 30.3. The summed E-state index contributed by atoms with van der Waals surface area (Å²) in [5, 5.41) is 13.9. The predicted octanol–water partition coefficient (Wildman–Crippen LogP) is 5.50. The Hall–Kier alpha value is -3.56. The minimum Gasteiger partial charge on any atom is -0.399 e. The second kappa shape index (κ2) is 14.1. The average Bonchev–Trinajstić information content (AvgIpc) is 2.98. The summed E-state index contributed by atoms with van der Waals surface area (Å²) in [6, 6.07) is 11.0. The van der Waals surface area contributed by atoms with Crippen molar-refractivity contribution in [2.45, 2.75) is 76.4 Å². The summed E-state index contributed by atoms with van der Waals surface area (Å²) in [6.45, 7) is 3.83. The first kappa shape index (κ1) is 31.4. The SMILES string of the molecule is CC(=N)N1CCC(CNC(=O)[C@@H](NC(=O)C(Cc2ccc(N)cc2)c2cccc(C(F)(F)F)c2)C2CCCCC2)CC1. The van der Waals surface area contributed by atoms with E-state index in [4.69, 9.17) is 11.1 Å². The number of alkyl halides is 3. The van der Waals surface area contributed by atoms with Gasteiger partial charge in [-0.1, -0.05) is 49.6 Å². The topological polar surface area (TPSA) is 111 Å². The summed E-state index contributed by atoms with van der Waals surface area (Å²) in [4.78, 5) is 29.5. The van der Waals surface area contributed by atoms with Crippen molar-refractivity contribution in [1.29, 1.82) is 5.41 Å². The molecule has 2 atom stereocenters. The molecule has 1 aliphatic carbocycles. The molecule has 2 aliphatic rings. The van der Waals surface area contributed by atoms with Gasteiger partial charge in [-0.15, -0.1) is 0 Å². The molecule has 2 aromatic carbocycles. The highest BCUT2D eigenvalue weighted by Crippen LogP contribution is 2.33. The number of nitrogens with one attached hydrogen (secondary N) is 3. The molecule has 0 bridgehead atoms. The molecule has 1 saturated carbocycles. The highest BCUT2D eigenvalue weighted by Gasteiger charge is 2.35. The van der Waals surface area contributed by atoms with Crippen LogP contribution >= 0.6 is 0 Å². The fourth-order valence-corrected chi connectivity index (χ4v) is 6.13. The van der Waals surface area contributed by atoms with Gasteiger partial charge in [-0.2, -0.15) is 13.2 Å². The van der Waals surface area contributed by atoms with E-state index >= 15 is 0 Å². The Morgan fingerprint density at radius 3 is 2.29 bits per heavy atom. The zero-order valence-corrected chi connectivity index (χ0v) is 24.2. The lowest BCUT2D eigenvalue weighted by atomic mass is 9.82. The van der Waals surface area contributed by atoms with Crippen molar-refractivity contribution in [2.75, 3.05) is 25.4 Å². The average molecular weight is 586 g/mol. The van der Waals surface area contributed by atoms with Crippen LogP contribution in [-0.4, -0.2) is 48.2 Å². The van der Waals surface area contributed by atoms with Crippen molar-refractivity contribution >= 4 is 23.3 Å². The van der Waals surface area contributed by atoms with Crippen LogP contribution in [0.5, 0.6) is 0 Å². The minimum absolute atomic E-state index is 0.0382. The Kier molecular flexibility index (Phi) is 10.5. The van der Waals surface area contributed by atoms with Gasteiger partial charge >= 0.3 is 6.18 Å². The molecule has 228 valence electrons. The van der Waals surface area contributed by atoms with Crippen LogP contribution < -0.4 is 16.4 Å². The van der Waals surface area contributed by atoms with Gasteiger partial charge < -0.3 is 21.3 Å². The van der Waals surface area contributed by atoms with E-state index in [9.17, 15) is 22.8 Å². The van der Waals surface area contributed by atoms with Crippen molar-refractivity contribution in [2.24, 2.45) is 11.8 Å². The largest absolute Gasteiger partial charge is 0.416 e. The number of halogens is 3. The molecule has 0 radical (unpaired) electrons. The van der Waals surface area contributed by atoms with Gasteiger partial charge in [0, 0.05) is 25.3 Å². The Balaban J connectivity index is 1.53. The van der Waals surface area contributed by atoms with Crippen LogP contribution in [0.2, 0.25) is 0 Å². The summed E-state index contributed by atoms with van der Waals surface area (Å²) in [6.07, 6.45) is 1.99. The van der Waals surface area contributed by atoms with Crippen molar-refractivity contribution in [3.05, 3.63) is 65.2 Å². The monoisotopic (exact) mass is 585 g/mol. The number of benzene rings is 2. The van der Waals surface area contributed by atoms with Crippen LogP contribution in [0.15, 0.2) is 48.5 Å². The molecule has 2 amide bonds. The van der Waals surface area contributed by atoms with Crippen LogP contribution in [0, 0.1) is 17.2 Å². The van der Waals surface area contributed by atoms with Gasteiger partial charge in [0.25, 0.3) is 0 Å². The van der Waals surface area contributed by atoms with Gasteiger partial charge in [-0.05, 0) is 80.2 Å². The Morgan fingerprint density at radius 2 is 1.67 bits per heavy atom. The first-order valence-electron chi connectivity index (χ1n) is 14.9. The van der Waals surface area contributed by atoms with Gasteiger partial charge in [0.15, 0.2) is 0 Å². The molecule has 2 fully saturated rings. The standard InChI is InChI=1S/C32H42F3N5O2/c1-21(36)40-16-14-23(15-17-40)20-38-31(42)29(24-6-3-2-4-7-24)39-30(41)28(18-22-10-12-27(37)13-11-22)25-8-5-9-26(19-25)32(33,34)35/h5,8-13,19,23-24,28-29,36H,2-4,6-7,14-18,20,37H2,1H3,(H,38,42)(H,39,41)/t28?,29-/m0/s1. The first-order chi connectivity index (χ1) is 20.0. The Morgan fingerprint density at radius 1 is 1.00 bits per heavy atom. The molecule has 42 heavy (non-hydrogen) atoms. The number of amides is 2. The number of nitrogens with zero attached hydrogens (tertiary/aromatic N) is 1. The van der Waals surface area contributed by atoms with E-state index < -0.39 is 29.6 Å². The number of nitrogens with two attached hydrogens (primary N) is 1. The number of hydrogen-bond acceptors (Lipinski definition) is 4. The smallest absolute Gasteiger partial charge is 0.399 e. The van der Waals surface area contributed by atoms with E-state index in [-0.39, 0.29) is 29.7 Å². The van der Waals surface area contributed by atoms with Crippen molar-refractivity contribution < 1.29 is 22.8 Å². The van der Waals surface area contributed by atoms with Crippen LogP contribution in [0.25, 0.3) is 0 Å². The molecule has 1 heterocycles. The molecule has 4 rings (SSSR count). The van der Waals surface area contributed by atoms with E-state index in [1.54, 1.807) is 31.2 Å². The molecule has 0 aromatic heterocycles. The van der Waals surface area contributed by atoms with Crippen molar-refractivity contribution in [1.82, 2.24) is 15.5 Å². The van der Waals surface area contributed by atoms with Gasteiger partial charge in [0.2, 0.25) is 11.8 Å². The van der Waals surface area contributed by atoms with Gasteiger partial charge in [-0.3, -0.25) is 15.0 Å². The predicted molar refractivity (Wildman–Crippen MR) is 158 cm³/mol. The molecule has 10 heteroatoms. The fourth-order valence-electron chi connectivity index (χ4n) is 6.13. The first-order valence-corrected chi connectivity index (χ1v) is 14.9. The molecule has 1 unspecified atom stereocenters. The number of rotatable bonds is 9. The number of nitrogen functional groups attached to an aromatic ring is 1. The van der Waals surface area contributed by atoms with Crippen molar-refractivity contribution in [3.8, 4) is 0 Å². The highest BCUT2D eigenvalue weighted by atomic mass is 19.4. The summed E-state index contributed by atoms with van der Waals surface area (Å²) < 4.78 is 40.7. The van der Waals surface area contributed by atoms with Crippen LogP contribution in [-0.2, 0) is 22.2 Å². The molecule has 1 aliphatic heterocycles. The van der Waals surface area contributed by atoms with Crippen LogP contribution in [0.4, 0.5) is 18.9 Å². The molecule has 2 aromatic rings. The lowest BCUT2D eigenvalue weighted by Gasteiger charge is -2.34. The molecule has 5 N–H and O–H groups in total. The third-order valence-electron chi connectivity index (χ3n) is 8.71. The van der Waals surface area contributed by atoms with Gasteiger partial charge in [0.1, 0.15) is 6.04 Å². The number of carbonyl (C=O) groups is 2. The maximum Gasteiger partial charge on any atom is 0.416 e. The molecule has 7 nitrogen and oxygen atoms in total. The second-order valence-electron chi connectivity index (χ2n) is 11.8. The molecule has 1 saturated heterocycles. The second-order valence-corrected chi connectivity index (χ2v) is 11.8. The molecule has 0 spiro atoms. The third kappa shape index (κ3) is 8.49. The highest BCUT2D eigenvalue weighted by molar-refractivity contribution is 5.91. The Bertz CT molecular complexity index is 1220. The number of anilines is 1. The summed E-state index contributed by atoms with van der Waals surface area (Å²) in [7, 11) is 0. The maximum atomic E-state index is 13.9. The number of hydrogen-bond donors (Lipinski definition) is 4. The van der Waals surface area contributed by atoms with E-state index in [1.165, 1.54) is 12.1 Å². The van der Waals surface area contributed by atoms with E-state index in [2.05, 4.69) is 10.6 Å². The quantitative estimate of drug-likeness (QED) is 0.177. The van der Waals surface area contributed by atoms with Crippen LogP contribution in [0.1, 0.15) is 74.5 Å². The number of carbonyl (C=O) groups excluding carboxylic acids is 2. The van der Waals surface area contributed by atoms with Crippen LogP contribution in [0.3, 0.4) is 0 Å². The molecular weight excluding hydrogens is 543 g/mol. The maximum absolute atomic E-state index is 13.9.